The second kappa shape index (κ2) is 4.63. The highest BCUT2D eigenvalue weighted by molar-refractivity contribution is 6.03. The van der Waals surface area contributed by atoms with Gasteiger partial charge in [-0.25, -0.2) is 9.31 Å². The molecule has 0 unspecified atom stereocenters. The molecule has 2 aromatic rings. The fourth-order valence-electron chi connectivity index (χ4n) is 2.80. The second-order valence-electron chi connectivity index (χ2n) is 5.13. The normalized spacial score (nSPS) is 17.2. The van der Waals surface area contributed by atoms with Crippen LogP contribution in [0.25, 0.3) is 5.52 Å². The summed E-state index contributed by atoms with van der Waals surface area (Å²) in [6, 6.07) is 5.13. The maximum Gasteiger partial charge on any atom is 0.329 e. The van der Waals surface area contributed by atoms with Gasteiger partial charge in [-0.05, 0) is 31.0 Å². The third-order valence-corrected chi connectivity index (χ3v) is 3.90. The molecular formula is C14H15N3O3. The van der Waals surface area contributed by atoms with Gasteiger partial charge in [0.05, 0.1) is 17.3 Å². The molecule has 104 valence electrons. The molecule has 2 N–H and O–H groups in total. The van der Waals surface area contributed by atoms with Gasteiger partial charge in [-0.1, -0.05) is 12.8 Å². The van der Waals surface area contributed by atoms with Crippen molar-refractivity contribution in [2.45, 2.75) is 31.2 Å². The highest BCUT2D eigenvalue weighted by Crippen LogP contribution is 2.30. The van der Waals surface area contributed by atoms with Crippen LogP contribution in [0.1, 0.15) is 36.0 Å². The molecule has 2 aromatic heterocycles. The molecule has 1 saturated carbocycles. The van der Waals surface area contributed by atoms with Crippen molar-refractivity contribution in [2.75, 3.05) is 0 Å². The summed E-state index contributed by atoms with van der Waals surface area (Å²) in [4.78, 5) is 23.9. The lowest BCUT2D eigenvalue weighted by atomic mass is 9.97. The Bertz CT molecular complexity index is 671. The summed E-state index contributed by atoms with van der Waals surface area (Å²) >= 11 is 0. The molecule has 1 aliphatic carbocycles. The van der Waals surface area contributed by atoms with E-state index in [1.165, 1.54) is 0 Å². The van der Waals surface area contributed by atoms with E-state index in [0.29, 0.717) is 23.9 Å². The fraction of sp³-hybridized carbons (Fsp3) is 0.357. The number of aliphatic carboxylic acids is 1. The van der Waals surface area contributed by atoms with Gasteiger partial charge in [-0.15, -0.1) is 0 Å². The number of hydrogen-bond acceptors (Lipinski definition) is 3. The Kier molecular flexibility index (Phi) is 2.93. The van der Waals surface area contributed by atoms with Crippen molar-refractivity contribution in [1.82, 2.24) is 14.9 Å². The van der Waals surface area contributed by atoms with E-state index in [1.54, 1.807) is 35.1 Å². The molecule has 1 fully saturated rings. The zero-order valence-electron chi connectivity index (χ0n) is 10.9. The van der Waals surface area contributed by atoms with Gasteiger partial charge in [0.25, 0.3) is 5.91 Å². The Morgan fingerprint density at radius 1 is 1.30 bits per heavy atom. The van der Waals surface area contributed by atoms with Crippen LogP contribution in [0.4, 0.5) is 0 Å². The van der Waals surface area contributed by atoms with Gasteiger partial charge < -0.3 is 10.4 Å². The van der Waals surface area contributed by atoms with Gasteiger partial charge in [0.15, 0.2) is 0 Å². The molecule has 0 aliphatic heterocycles. The van der Waals surface area contributed by atoms with Gasteiger partial charge in [0.1, 0.15) is 5.54 Å². The summed E-state index contributed by atoms with van der Waals surface area (Å²) in [5.74, 6) is -1.32. The molecule has 20 heavy (non-hydrogen) atoms. The first-order valence-electron chi connectivity index (χ1n) is 6.61. The van der Waals surface area contributed by atoms with Crippen molar-refractivity contribution in [3.8, 4) is 0 Å². The molecule has 0 radical (unpaired) electrons. The van der Waals surface area contributed by atoms with Crippen molar-refractivity contribution in [3.63, 3.8) is 0 Å². The zero-order valence-corrected chi connectivity index (χ0v) is 10.9. The SMILES string of the molecule is O=C(NC1(C(=O)O)CCCC1)c1cccn2nccc12. The number of hydrogen-bond donors (Lipinski definition) is 2. The smallest absolute Gasteiger partial charge is 0.329 e. The van der Waals surface area contributed by atoms with E-state index in [4.69, 9.17) is 0 Å². The molecule has 1 aliphatic rings. The van der Waals surface area contributed by atoms with Gasteiger partial charge in [-0.2, -0.15) is 5.10 Å². The van der Waals surface area contributed by atoms with E-state index in [0.717, 1.165) is 12.8 Å². The molecule has 3 rings (SSSR count). The van der Waals surface area contributed by atoms with Crippen molar-refractivity contribution in [3.05, 3.63) is 36.2 Å². The van der Waals surface area contributed by atoms with E-state index in [1.807, 2.05) is 0 Å². The Morgan fingerprint density at radius 2 is 2.05 bits per heavy atom. The molecule has 1 amide bonds. The average Bonchev–Trinajstić information content (AvgIpc) is 3.06. The summed E-state index contributed by atoms with van der Waals surface area (Å²) in [5.41, 5.74) is -0.00900. The van der Waals surface area contributed by atoms with Crippen molar-refractivity contribution >= 4 is 17.4 Å². The lowest BCUT2D eigenvalue weighted by molar-refractivity contribution is -0.144. The number of nitrogens with one attached hydrogen (secondary N) is 1. The van der Waals surface area contributed by atoms with Crippen molar-refractivity contribution in [2.24, 2.45) is 0 Å². The number of carbonyl (C=O) groups excluding carboxylic acids is 1. The van der Waals surface area contributed by atoms with E-state index in [-0.39, 0.29) is 5.91 Å². The Morgan fingerprint density at radius 3 is 2.75 bits per heavy atom. The van der Waals surface area contributed by atoms with Crippen LogP contribution in [-0.4, -0.2) is 32.1 Å². The lowest BCUT2D eigenvalue weighted by Gasteiger charge is -2.25. The third kappa shape index (κ3) is 1.93. The molecular weight excluding hydrogens is 258 g/mol. The summed E-state index contributed by atoms with van der Waals surface area (Å²) in [6.07, 6.45) is 5.96. The molecule has 6 heteroatoms. The van der Waals surface area contributed by atoms with Crippen LogP contribution in [0, 0.1) is 0 Å². The number of nitrogens with zero attached hydrogens (tertiary/aromatic N) is 2. The highest BCUT2D eigenvalue weighted by atomic mass is 16.4. The number of carboxylic acids is 1. The first-order valence-corrected chi connectivity index (χ1v) is 6.61. The van der Waals surface area contributed by atoms with Gasteiger partial charge in [0.2, 0.25) is 0 Å². The van der Waals surface area contributed by atoms with Crippen LogP contribution in [0.5, 0.6) is 0 Å². The molecule has 0 bridgehead atoms. The Balaban J connectivity index is 1.93. The number of carboxylic acid groups (broad SMARTS) is 1. The van der Waals surface area contributed by atoms with E-state index < -0.39 is 11.5 Å². The number of pyridine rings is 1. The van der Waals surface area contributed by atoms with Crippen molar-refractivity contribution < 1.29 is 14.7 Å². The third-order valence-electron chi connectivity index (χ3n) is 3.90. The number of fused-ring (bicyclic) bond motifs is 1. The summed E-state index contributed by atoms with van der Waals surface area (Å²) in [6.45, 7) is 0. The Hall–Kier alpha value is -2.37. The predicted octanol–water partition coefficient (Wildman–Crippen LogP) is 1.46. The fourth-order valence-corrected chi connectivity index (χ4v) is 2.80. The maximum absolute atomic E-state index is 12.4. The minimum atomic E-state index is -1.12. The zero-order chi connectivity index (χ0) is 14.2. The largest absolute Gasteiger partial charge is 0.480 e. The topological polar surface area (TPSA) is 83.7 Å². The van der Waals surface area contributed by atoms with Crippen LogP contribution in [0.2, 0.25) is 0 Å². The van der Waals surface area contributed by atoms with Crippen LogP contribution in [0.3, 0.4) is 0 Å². The first kappa shape index (κ1) is 12.7. The molecule has 0 atom stereocenters. The van der Waals surface area contributed by atoms with Gasteiger partial charge in [0, 0.05) is 6.20 Å². The van der Waals surface area contributed by atoms with Crippen LogP contribution in [-0.2, 0) is 4.79 Å². The summed E-state index contributed by atoms with van der Waals surface area (Å²) in [5, 5.41) is 16.2. The maximum atomic E-state index is 12.4. The molecule has 0 aromatic carbocycles. The van der Waals surface area contributed by atoms with Crippen LogP contribution in [0.15, 0.2) is 30.6 Å². The summed E-state index contributed by atoms with van der Waals surface area (Å²) in [7, 11) is 0. The monoisotopic (exact) mass is 273 g/mol. The molecule has 6 nitrogen and oxygen atoms in total. The number of aromatic nitrogens is 2. The van der Waals surface area contributed by atoms with Gasteiger partial charge >= 0.3 is 5.97 Å². The quantitative estimate of drug-likeness (QED) is 0.886. The van der Waals surface area contributed by atoms with Crippen molar-refractivity contribution in [1.29, 1.82) is 0 Å². The highest BCUT2D eigenvalue weighted by Gasteiger charge is 2.42. The second-order valence-corrected chi connectivity index (χ2v) is 5.13. The van der Waals surface area contributed by atoms with Crippen LogP contribution < -0.4 is 5.32 Å². The lowest BCUT2D eigenvalue weighted by Crippen LogP contribution is -2.52. The van der Waals surface area contributed by atoms with Gasteiger partial charge in [-0.3, -0.25) is 4.79 Å². The average molecular weight is 273 g/mol. The predicted molar refractivity (Wildman–Crippen MR) is 71.5 cm³/mol. The number of carbonyl (C=O) groups is 2. The van der Waals surface area contributed by atoms with Crippen LogP contribution >= 0.6 is 0 Å². The van der Waals surface area contributed by atoms with E-state index in [9.17, 15) is 14.7 Å². The number of rotatable bonds is 3. The Labute approximate surface area is 115 Å². The van der Waals surface area contributed by atoms with E-state index >= 15 is 0 Å². The summed E-state index contributed by atoms with van der Waals surface area (Å²) < 4.78 is 1.59. The molecule has 2 heterocycles. The minimum absolute atomic E-state index is 0.361. The molecule has 0 spiro atoms. The molecule has 0 saturated heterocycles. The minimum Gasteiger partial charge on any atom is -0.480 e. The number of amides is 1. The van der Waals surface area contributed by atoms with E-state index in [2.05, 4.69) is 10.4 Å². The standard InChI is InChI=1S/C14H15N3O3/c18-12(16-14(13(19)20)6-1-2-7-14)10-4-3-9-17-11(10)5-8-15-17/h3-5,8-9H,1-2,6-7H2,(H,16,18)(H,19,20). The first-order chi connectivity index (χ1) is 9.62.